The molecule has 1 aliphatic heterocycles. The minimum atomic E-state index is -0.399. The molecule has 1 amide bonds. The number of aryl methyl sites for hydroxylation is 1. The van der Waals surface area contributed by atoms with Crippen LogP contribution in [0.25, 0.3) is 11.0 Å². The molecule has 0 saturated carbocycles. The Labute approximate surface area is 133 Å². The van der Waals surface area contributed by atoms with Gasteiger partial charge in [-0.15, -0.1) is 0 Å². The topological polar surface area (TPSA) is 96.8 Å². The van der Waals surface area contributed by atoms with Crippen LogP contribution in [-0.2, 0) is 11.3 Å². The lowest BCUT2D eigenvalue weighted by Gasteiger charge is -2.30. The summed E-state index contributed by atoms with van der Waals surface area (Å²) in [4.78, 5) is 25.2. The van der Waals surface area contributed by atoms with Crippen LogP contribution < -0.4 is 11.4 Å². The second-order valence-corrected chi connectivity index (χ2v) is 6.18. The van der Waals surface area contributed by atoms with E-state index in [-0.39, 0.29) is 17.6 Å². The molecule has 6 nitrogen and oxygen atoms in total. The number of benzene rings is 1. The highest BCUT2D eigenvalue weighted by Gasteiger charge is 2.23. The lowest BCUT2D eigenvalue weighted by atomic mass is 9.96. The van der Waals surface area contributed by atoms with Gasteiger partial charge in [-0.25, -0.2) is 4.79 Å². The first-order valence-electron chi connectivity index (χ1n) is 7.72. The van der Waals surface area contributed by atoms with Gasteiger partial charge in [-0.2, -0.15) is 0 Å². The van der Waals surface area contributed by atoms with E-state index in [1.165, 1.54) is 6.07 Å². The Kier molecular flexibility index (Phi) is 4.09. The van der Waals surface area contributed by atoms with E-state index in [1.54, 1.807) is 19.1 Å². The molecule has 2 aromatic rings. The zero-order valence-corrected chi connectivity index (χ0v) is 13.0. The predicted octanol–water partition coefficient (Wildman–Crippen LogP) is 1.50. The van der Waals surface area contributed by atoms with Crippen LogP contribution in [-0.4, -0.2) is 29.0 Å². The van der Waals surface area contributed by atoms with E-state index in [4.69, 9.17) is 10.2 Å². The van der Waals surface area contributed by atoms with Crippen molar-refractivity contribution in [2.24, 2.45) is 11.7 Å². The highest BCUT2D eigenvalue weighted by atomic mass is 16.4. The van der Waals surface area contributed by atoms with Crippen LogP contribution >= 0.6 is 0 Å². The Hall–Kier alpha value is -2.34. The smallest absolute Gasteiger partial charge is 0.336 e. The van der Waals surface area contributed by atoms with Crippen molar-refractivity contribution >= 4 is 16.9 Å². The third-order valence-corrected chi connectivity index (χ3v) is 4.53. The van der Waals surface area contributed by atoms with Crippen LogP contribution in [0.5, 0.6) is 5.75 Å². The number of phenols is 1. The Morgan fingerprint density at radius 3 is 2.70 bits per heavy atom. The van der Waals surface area contributed by atoms with Crippen LogP contribution in [0, 0.1) is 12.8 Å². The first kappa shape index (κ1) is 15.6. The van der Waals surface area contributed by atoms with Gasteiger partial charge in [0.1, 0.15) is 11.3 Å². The molecule has 0 radical (unpaired) electrons. The van der Waals surface area contributed by atoms with Gasteiger partial charge >= 0.3 is 5.63 Å². The van der Waals surface area contributed by atoms with Gasteiger partial charge in [0.2, 0.25) is 5.91 Å². The molecular formula is C17H20N2O4. The van der Waals surface area contributed by atoms with Crippen molar-refractivity contribution < 1.29 is 14.3 Å². The quantitative estimate of drug-likeness (QED) is 0.837. The Balaban J connectivity index is 1.87. The number of rotatable bonds is 3. The second kappa shape index (κ2) is 6.04. The molecule has 1 aromatic heterocycles. The molecule has 1 aromatic carbocycles. The molecule has 1 fully saturated rings. The number of piperidine rings is 1. The van der Waals surface area contributed by atoms with Crippen molar-refractivity contribution in [3.63, 3.8) is 0 Å². The van der Waals surface area contributed by atoms with E-state index in [0.29, 0.717) is 17.7 Å². The molecule has 0 aliphatic carbocycles. The molecule has 0 unspecified atom stereocenters. The van der Waals surface area contributed by atoms with Crippen LogP contribution in [0.2, 0.25) is 0 Å². The number of primary amides is 1. The van der Waals surface area contributed by atoms with Gasteiger partial charge in [0, 0.05) is 23.9 Å². The molecule has 0 atom stereocenters. The molecule has 3 rings (SSSR count). The summed E-state index contributed by atoms with van der Waals surface area (Å²) in [6, 6.07) is 4.78. The summed E-state index contributed by atoms with van der Waals surface area (Å²) in [6.45, 7) is 3.85. The van der Waals surface area contributed by atoms with Crippen LogP contribution in [0.4, 0.5) is 0 Å². The van der Waals surface area contributed by atoms with Gasteiger partial charge in [-0.1, -0.05) is 0 Å². The summed E-state index contributed by atoms with van der Waals surface area (Å²) >= 11 is 0. The molecule has 1 aliphatic rings. The minimum absolute atomic E-state index is 0.0597. The number of carbonyl (C=O) groups is 1. The number of nitrogens with zero attached hydrogens (tertiary/aromatic N) is 1. The summed E-state index contributed by atoms with van der Waals surface area (Å²) in [5.41, 5.74) is 6.92. The lowest BCUT2D eigenvalue weighted by molar-refractivity contribution is -0.123. The maximum absolute atomic E-state index is 11.8. The van der Waals surface area contributed by atoms with Gasteiger partial charge in [0.15, 0.2) is 0 Å². The summed E-state index contributed by atoms with van der Waals surface area (Å²) in [5.74, 6) is -0.119. The van der Waals surface area contributed by atoms with Gasteiger partial charge in [0.25, 0.3) is 0 Å². The summed E-state index contributed by atoms with van der Waals surface area (Å²) < 4.78 is 5.23. The number of nitrogens with two attached hydrogens (primary N) is 1. The molecule has 122 valence electrons. The van der Waals surface area contributed by atoms with E-state index in [2.05, 4.69) is 4.90 Å². The average Bonchev–Trinajstić information content (AvgIpc) is 2.50. The Bertz CT molecular complexity index is 804. The third-order valence-electron chi connectivity index (χ3n) is 4.53. The predicted molar refractivity (Wildman–Crippen MR) is 86.1 cm³/mol. The minimum Gasteiger partial charge on any atom is -0.508 e. The van der Waals surface area contributed by atoms with Gasteiger partial charge in [0.05, 0.1) is 0 Å². The van der Waals surface area contributed by atoms with E-state index >= 15 is 0 Å². The van der Waals surface area contributed by atoms with E-state index in [0.717, 1.165) is 36.9 Å². The van der Waals surface area contributed by atoms with Crippen molar-refractivity contribution in [1.29, 1.82) is 0 Å². The normalized spacial score (nSPS) is 16.7. The maximum atomic E-state index is 11.8. The molecular weight excluding hydrogens is 296 g/mol. The summed E-state index contributed by atoms with van der Waals surface area (Å²) in [6.07, 6.45) is 1.47. The number of fused-ring (bicyclic) bond motifs is 1. The molecule has 0 spiro atoms. The number of phenolic OH excluding ortho intramolecular Hbond substituents is 1. The van der Waals surface area contributed by atoms with Crippen molar-refractivity contribution in [2.75, 3.05) is 13.1 Å². The Morgan fingerprint density at radius 1 is 1.35 bits per heavy atom. The number of hydrogen-bond donors (Lipinski definition) is 2. The van der Waals surface area contributed by atoms with Crippen molar-refractivity contribution in [3.8, 4) is 5.75 Å². The van der Waals surface area contributed by atoms with Crippen LogP contribution in [0.3, 0.4) is 0 Å². The maximum Gasteiger partial charge on any atom is 0.336 e. The van der Waals surface area contributed by atoms with Crippen LogP contribution in [0.1, 0.15) is 24.0 Å². The fourth-order valence-electron chi connectivity index (χ4n) is 3.11. The van der Waals surface area contributed by atoms with Crippen molar-refractivity contribution in [2.45, 2.75) is 26.3 Å². The van der Waals surface area contributed by atoms with Crippen molar-refractivity contribution in [1.82, 2.24) is 4.90 Å². The van der Waals surface area contributed by atoms with E-state index in [1.807, 2.05) is 0 Å². The monoisotopic (exact) mass is 316 g/mol. The first-order valence-corrected chi connectivity index (χ1v) is 7.72. The highest BCUT2D eigenvalue weighted by molar-refractivity contribution is 5.82. The average molecular weight is 316 g/mol. The van der Waals surface area contributed by atoms with Gasteiger partial charge < -0.3 is 15.3 Å². The van der Waals surface area contributed by atoms with Crippen molar-refractivity contribution in [3.05, 3.63) is 39.7 Å². The highest BCUT2D eigenvalue weighted by Crippen LogP contribution is 2.27. The zero-order valence-electron chi connectivity index (χ0n) is 13.0. The lowest BCUT2D eigenvalue weighted by Crippen LogP contribution is -2.38. The molecule has 0 bridgehead atoms. The van der Waals surface area contributed by atoms with E-state index < -0.39 is 5.63 Å². The zero-order chi connectivity index (χ0) is 16.6. The second-order valence-electron chi connectivity index (χ2n) is 6.18. The fraction of sp³-hybridized carbons (Fsp3) is 0.412. The first-order chi connectivity index (χ1) is 10.9. The molecule has 1 saturated heterocycles. The SMILES string of the molecule is Cc1cc2oc(=O)cc(CN3CCC(C(N)=O)CC3)c2cc1O. The number of aromatic hydroxyl groups is 1. The summed E-state index contributed by atoms with van der Waals surface area (Å²) in [5, 5.41) is 10.7. The van der Waals surface area contributed by atoms with E-state index in [9.17, 15) is 14.7 Å². The Morgan fingerprint density at radius 2 is 2.04 bits per heavy atom. The molecule has 2 heterocycles. The molecule has 6 heteroatoms. The standard InChI is InChI=1S/C17H20N2O4/c1-10-6-15-13(8-14(10)20)12(7-16(21)23-15)9-19-4-2-11(3-5-19)17(18)22/h6-8,11,20H,2-5,9H2,1H3,(H2,18,22). The third kappa shape index (κ3) is 3.22. The summed E-state index contributed by atoms with van der Waals surface area (Å²) in [7, 11) is 0. The number of carbonyl (C=O) groups excluding carboxylic acids is 1. The fourth-order valence-corrected chi connectivity index (χ4v) is 3.11. The number of hydrogen-bond acceptors (Lipinski definition) is 5. The van der Waals surface area contributed by atoms with Crippen LogP contribution in [0.15, 0.2) is 27.4 Å². The largest absolute Gasteiger partial charge is 0.508 e. The number of amides is 1. The molecule has 23 heavy (non-hydrogen) atoms. The molecule has 3 N–H and O–H groups in total. The van der Waals surface area contributed by atoms with Gasteiger partial charge in [-0.05, 0) is 56.1 Å². The number of likely N-dealkylation sites (tertiary alicyclic amines) is 1. The van der Waals surface area contributed by atoms with Gasteiger partial charge in [-0.3, -0.25) is 9.69 Å².